The third-order valence-corrected chi connectivity index (χ3v) is 9.76. The highest BCUT2D eigenvalue weighted by Gasteiger charge is 2.48. The summed E-state index contributed by atoms with van der Waals surface area (Å²) in [5.41, 5.74) is 2.14. The molecule has 2 aliphatic rings. The lowest BCUT2D eigenvalue weighted by Gasteiger charge is -2.35. The van der Waals surface area contributed by atoms with Gasteiger partial charge in [0.15, 0.2) is 5.75 Å². The van der Waals surface area contributed by atoms with E-state index in [9.17, 15) is 27.4 Å². The van der Waals surface area contributed by atoms with E-state index in [0.29, 0.717) is 66.6 Å². The number of rotatable bonds is 16. The van der Waals surface area contributed by atoms with E-state index in [0.717, 1.165) is 11.2 Å². The number of hydrogen-bond acceptors (Lipinski definition) is 8. The Morgan fingerprint density at radius 3 is 2.38 bits per heavy atom. The number of nitrogens with zero attached hydrogens (tertiary/aromatic N) is 2. The molecular formula is C38H45IN4O9S. The van der Waals surface area contributed by atoms with Crippen molar-refractivity contribution in [1.82, 2.24) is 10.6 Å². The van der Waals surface area contributed by atoms with Crippen molar-refractivity contribution < 1.29 is 70.2 Å². The van der Waals surface area contributed by atoms with Crippen molar-refractivity contribution in [3.8, 4) is 5.75 Å². The average molecular weight is 861 g/mol. The number of anilines is 1. The highest BCUT2D eigenvalue weighted by molar-refractivity contribution is 7.85. The fourth-order valence-corrected chi connectivity index (χ4v) is 6.87. The molecule has 1 aromatic heterocycles. The number of benzene rings is 2. The molecule has 0 saturated carbocycles. The van der Waals surface area contributed by atoms with Crippen LogP contribution in [0.25, 0.3) is 17.2 Å². The monoisotopic (exact) mass is 860 g/mol. The van der Waals surface area contributed by atoms with Crippen LogP contribution in [0.5, 0.6) is 5.75 Å². The van der Waals surface area contributed by atoms with E-state index < -0.39 is 45.6 Å². The van der Waals surface area contributed by atoms with Crippen LogP contribution < -0.4 is 48.8 Å². The van der Waals surface area contributed by atoms with Gasteiger partial charge in [0.05, 0.1) is 17.5 Å². The van der Waals surface area contributed by atoms with E-state index in [2.05, 4.69) is 10.6 Å². The van der Waals surface area contributed by atoms with Crippen LogP contribution in [0.2, 0.25) is 0 Å². The molecule has 1 atom stereocenters. The molecule has 0 bridgehead atoms. The van der Waals surface area contributed by atoms with Crippen molar-refractivity contribution in [2.45, 2.75) is 58.9 Å². The lowest BCUT2D eigenvalue weighted by Crippen LogP contribution is -3.00. The summed E-state index contributed by atoms with van der Waals surface area (Å²) in [6, 6.07) is 15.3. The number of aromatic nitrogens is 1. The summed E-state index contributed by atoms with van der Waals surface area (Å²) in [6.45, 7) is 5.10. The van der Waals surface area contributed by atoms with Gasteiger partial charge in [-0.2, -0.15) is 13.0 Å². The quantitative estimate of drug-likeness (QED) is 0.0547. The van der Waals surface area contributed by atoms with Crippen molar-refractivity contribution in [1.29, 1.82) is 0 Å². The predicted octanol–water partition coefficient (Wildman–Crippen LogP) is 1.92. The Hall–Kier alpha value is -4.48. The van der Waals surface area contributed by atoms with Gasteiger partial charge in [-0.25, -0.2) is 0 Å². The number of aliphatic carboxylic acids is 1. The molecule has 2 heterocycles. The molecule has 0 saturated heterocycles. The number of hydrogen-bond donors (Lipinski definition) is 4. The third kappa shape index (κ3) is 10.4. The van der Waals surface area contributed by atoms with Crippen LogP contribution in [0.1, 0.15) is 58.3 Å². The average Bonchev–Trinajstić information content (AvgIpc) is 3.67. The number of amides is 2. The van der Waals surface area contributed by atoms with Crippen molar-refractivity contribution in [2.75, 3.05) is 30.3 Å². The van der Waals surface area contributed by atoms with Gasteiger partial charge < -0.3 is 53.8 Å². The number of oxazole rings is 1. The van der Waals surface area contributed by atoms with Crippen LogP contribution in [0.3, 0.4) is 0 Å². The summed E-state index contributed by atoms with van der Waals surface area (Å²) in [5, 5.41) is 14.4. The lowest BCUT2D eigenvalue weighted by atomic mass is 9.70. The van der Waals surface area contributed by atoms with E-state index >= 15 is 0 Å². The maximum absolute atomic E-state index is 14.2. The fourth-order valence-electron chi connectivity index (χ4n) is 6.51. The topological polar surface area (TPSA) is 179 Å². The third-order valence-electron chi connectivity index (χ3n) is 9.04. The summed E-state index contributed by atoms with van der Waals surface area (Å²) in [7, 11) is -4.38. The van der Waals surface area contributed by atoms with Gasteiger partial charge in [-0.3, -0.25) is 18.9 Å². The molecule has 1 aliphatic heterocycles. The molecular weight excluding hydrogens is 815 g/mol. The minimum absolute atomic E-state index is 0. The number of para-hydroxylation sites is 4. The molecule has 2 amide bonds. The molecule has 13 nitrogen and oxygen atoms in total. The number of nitrogens with one attached hydrogen (secondary N) is 2. The number of aryl methyl sites for hydroxylation is 1. The maximum Gasteiger partial charge on any atom is 0.374 e. The van der Waals surface area contributed by atoms with Crippen LogP contribution in [0.4, 0.5) is 5.69 Å². The lowest BCUT2D eigenvalue weighted by molar-refractivity contribution is -0.674. The minimum Gasteiger partial charge on any atom is -1.00 e. The number of unbranched alkanes of at least 4 members (excludes halogenated alkanes) is 2. The second-order valence-corrected chi connectivity index (χ2v) is 14.3. The first kappa shape index (κ1) is 41.3. The van der Waals surface area contributed by atoms with E-state index in [1.54, 1.807) is 12.2 Å². The molecule has 0 radical (unpaired) electrons. The van der Waals surface area contributed by atoms with Gasteiger partial charge >= 0.3 is 11.9 Å². The van der Waals surface area contributed by atoms with Gasteiger partial charge in [0.2, 0.25) is 23.3 Å². The summed E-state index contributed by atoms with van der Waals surface area (Å²) in [4.78, 5) is 41.2. The van der Waals surface area contributed by atoms with Gasteiger partial charge in [-0.1, -0.05) is 42.8 Å². The van der Waals surface area contributed by atoms with Gasteiger partial charge in [0.1, 0.15) is 12.0 Å². The van der Waals surface area contributed by atoms with E-state index in [-0.39, 0.29) is 49.8 Å². The second-order valence-electron chi connectivity index (χ2n) is 12.7. The van der Waals surface area contributed by atoms with Gasteiger partial charge in [-0.05, 0) is 81.0 Å². The van der Waals surface area contributed by atoms with Crippen LogP contribution in [0, 0.1) is 5.41 Å². The Bertz CT molecular complexity index is 2050. The number of carboxylic acids is 1. The molecule has 0 fully saturated rings. The molecule has 3 aromatic rings. The highest BCUT2D eigenvalue weighted by Crippen LogP contribution is 2.42. The Morgan fingerprint density at radius 2 is 1.66 bits per heavy atom. The molecule has 1 aliphatic carbocycles. The van der Waals surface area contributed by atoms with Crippen molar-refractivity contribution in [3.63, 3.8) is 0 Å². The van der Waals surface area contributed by atoms with Crippen molar-refractivity contribution in [2.24, 2.45) is 5.41 Å². The van der Waals surface area contributed by atoms with E-state index in [1.807, 2.05) is 90.1 Å². The van der Waals surface area contributed by atoms with Crippen LogP contribution in [-0.4, -0.2) is 61.2 Å². The maximum atomic E-state index is 14.2. The number of allylic oxidation sites excluding steroid dienone is 6. The summed E-state index contributed by atoms with van der Waals surface area (Å²) in [5.74, 6) is -0.994. The molecule has 0 spiro atoms. The largest absolute Gasteiger partial charge is 1.00 e. The number of halogens is 1. The highest BCUT2D eigenvalue weighted by atomic mass is 127. The van der Waals surface area contributed by atoms with E-state index in [4.69, 9.17) is 14.3 Å². The molecule has 53 heavy (non-hydrogen) atoms. The molecule has 2 aromatic carbocycles. The number of fused-ring (bicyclic) bond motifs is 2. The molecule has 4 N–H and O–H groups in total. The molecule has 1 unspecified atom stereocenters. The first-order valence-electron chi connectivity index (χ1n) is 17.4. The second kappa shape index (κ2) is 18.5. The number of carbonyl (C=O) groups is 3. The Morgan fingerprint density at radius 1 is 0.943 bits per heavy atom. The Labute approximate surface area is 326 Å². The molecule has 5 rings (SSSR count). The zero-order valence-electron chi connectivity index (χ0n) is 29.7. The van der Waals surface area contributed by atoms with Crippen molar-refractivity contribution >= 4 is 50.8 Å². The van der Waals surface area contributed by atoms with Crippen LogP contribution in [-0.2, 0) is 31.0 Å². The SMILES string of the molecule is CCN1/C(=C/C=C2C=C(/C=C/c3oc4ccccc4[n+]3CC)CC(C(=O)NCCCCCC(=O)O)(C(=O)NCCS(=O)(=O)O)C/2)Oc2ccccc21.[I-]. The number of ether oxygens (including phenoxy) is 1. The van der Waals surface area contributed by atoms with Crippen molar-refractivity contribution in [3.05, 3.63) is 95.8 Å². The Balaban J connectivity index is 0.00000627. The first-order chi connectivity index (χ1) is 24.9. The zero-order valence-corrected chi connectivity index (χ0v) is 32.7. The summed E-state index contributed by atoms with van der Waals surface area (Å²) >= 11 is 0. The minimum atomic E-state index is -4.38. The molecule has 15 heteroatoms. The van der Waals surface area contributed by atoms with Crippen LogP contribution >= 0.6 is 0 Å². The molecule has 284 valence electrons. The predicted molar refractivity (Wildman–Crippen MR) is 196 cm³/mol. The van der Waals surface area contributed by atoms with E-state index in [1.165, 1.54) is 0 Å². The normalized spacial score (nSPS) is 18.5. The van der Waals surface area contributed by atoms with Gasteiger partial charge in [0, 0.05) is 32.1 Å². The zero-order chi connectivity index (χ0) is 37.3. The van der Waals surface area contributed by atoms with Gasteiger partial charge in [-0.15, -0.1) is 0 Å². The van der Waals surface area contributed by atoms with Crippen LogP contribution in [0.15, 0.2) is 94.3 Å². The Kier molecular flexibility index (Phi) is 14.4. The van der Waals surface area contributed by atoms with Gasteiger partial charge in [0.25, 0.3) is 15.6 Å². The summed E-state index contributed by atoms with van der Waals surface area (Å²) < 4.78 is 46.6. The standard InChI is InChI=1S/C38H44N4O9S.HI/c1-3-41-29-12-7-9-14-31(29)50-33(41)19-17-27-24-28(18-20-34-42(4-2)30-13-8-10-15-32(30)51-34)26-38(25-27,37(46)40-22-23-52(47,48)49)36(45)39-21-11-5-6-16-35(43)44;/h7-10,12-15,17-20,24H,3-6,11,16,21-23,25-26H2,1-2H3,(H3-,39,40,43,44,45,46,47,48,49);1H. The summed E-state index contributed by atoms with van der Waals surface area (Å²) in [6.07, 6.45) is 10.6. The first-order valence-corrected chi connectivity index (χ1v) is 19.0. The number of carboxylic acid groups (broad SMARTS) is 1. The smallest absolute Gasteiger partial charge is 0.374 e. The fraction of sp³-hybridized carbons (Fsp3) is 0.368. The number of carbonyl (C=O) groups excluding carboxylic acids is 2.